The molecular formula is C24H27N3O3. The molecule has 4 rings (SSSR count). The Hall–Kier alpha value is -3.28. The maximum atomic E-state index is 13.7. The van der Waals surface area contributed by atoms with Gasteiger partial charge in [0.25, 0.3) is 11.8 Å². The van der Waals surface area contributed by atoms with Gasteiger partial charge in [-0.05, 0) is 43.5 Å². The first kappa shape index (κ1) is 20.0. The molecule has 0 saturated carbocycles. The van der Waals surface area contributed by atoms with Crippen molar-refractivity contribution in [2.24, 2.45) is 0 Å². The Balaban J connectivity index is 1.85. The van der Waals surface area contributed by atoms with Crippen molar-refractivity contribution in [2.75, 3.05) is 44.1 Å². The number of methoxy groups -OCH3 is 1. The highest BCUT2D eigenvalue weighted by Crippen LogP contribution is 2.39. The number of anilines is 2. The molecule has 0 N–H and O–H groups in total. The van der Waals surface area contributed by atoms with Gasteiger partial charge in [-0.15, -0.1) is 0 Å². The minimum Gasteiger partial charge on any atom is -0.496 e. The van der Waals surface area contributed by atoms with Crippen molar-refractivity contribution in [1.29, 1.82) is 0 Å². The summed E-state index contributed by atoms with van der Waals surface area (Å²) in [6, 6.07) is 14.9. The quantitative estimate of drug-likeness (QED) is 0.713. The molecular weight excluding hydrogens is 378 g/mol. The zero-order valence-electron chi connectivity index (χ0n) is 17.7. The summed E-state index contributed by atoms with van der Waals surface area (Å²) < 4.78 is 5.53. The molecule has 0 atom stereocenters. The molecule has 1 fully saturated rings. The Morgan fingerprint density at radius 2 is 1.63 bits per heavy atom. The molecule has 0 radical (unpaired) electrons. The van der Waals surface area contributed by atoms with E-state index in [-0.39, 0.29) is 11.8 Å². The van der Waals surface area contributed by atoms with Crippen LogP contribution in [0.5, 0.6) is 5.75 Å². The predicted molar refractivity (Wildman–Crippen MR) is 119 cm³/mol. The fourth-order valence-electron chi connectivity index (χ4n) is 4.17. The summed E-state index contributed by atoms with van der Waals surface area (Å²) in [5.74, 6) is 0.0201. The van der Waals surface area contributed by atoms with Gasteiger partial charge in [-0.3, -0.25) is 9.59 Å². The number of imide groups is 1. The number of piperidine rings is 1. The van der Waals surface area contributed by atoms with E-state index < -0.39 is 0 Å². The van der Waals surface area contributed by atoms with Crippen LogP contribution in [0.1, 0.15) is 24.8 Å². The van der Waals surface area contributed by atoms with Crippen molar-refractivity contribution in [3.8, 4) is 5.75 Å². The van der Waals surface area contributed by atoms with Gasteiger partial charge in [-0.1, -0.05) is 24.3 Å². The Bertz CT molecular complexity index is 1010. The summed E-state index contributed by atoms with van der Waals surface area (Å²) in [6.45, 7) is 1.55. The van der Waals surface area contributed by atoms with Gasteiger partial charge < -0.3 is 14.5 Å². The molecule has 0 aliphatic carbocycles. The van der Waals surface area contributed by atoms with Crippen LogP contribution in [0.4, 0.5) is 11.4 Å². The molecule has 0 spiro atoms. The lowest BCUT2D eigenvalue weighted by Gasteiger charge is -2.29. The summed E-state index contributed by atoms with van der Waals surface area (Å²) in [6.07, 6.45) is 3.17. The molecule has 2 aromatic carbocycles. The van der Waals surface area contributed by atoms with Crippen LogP contribution in [0.25, 0.3) is 5.57 Å². The highest BCUT2D eigenvalue weighted by molar-refractivity contribution is 6.45. The van der Waals surface area contributed by atoms with Crippen molar-refractivity contribution in [1.82, 2.24) is 4.90 Å². The number of ether oxygens (including phenoxy) is 1. The van der Waals surface area contributed by atoms with Crippen molar-refractivity contribution in [2.45, 2.75) is 19.3 Å². The molecule has 156 valence electrons. The van der Waals surface area contributed by atoms with Gasteiger partial charge in [-0.25, -0.2) is 4.90 Å². The first-order valence-corrected chi connectivity index (χ1v) is 10.3. The Morgan fingerprint density at radius 1 is 0.900 bits per heavy atom. The average molecular weight is 405 g/mol. The van der Waals surface area contributed by atoms with Crippen LogP contribution in [-0.2, 0) is 9.59 Å². The molecule has 2 aliphatic heterocycles. The fraction of sp³-hybridized carbons (Fsp3) is 0.333. The van der Waals surface area contributed by atoms with Gasteiger partial charge in [0.15, 0.2) is 0 Å². The molecule has 0 unspecified atom stereocenters. The van der Waals surface area contributed by atoms with Gasteiger partial charge >= 0.3 is 0 Å². The minimum atomic E-state index is -0.305. The van der Waals surface area contributed by atoms with E-state index >= 15 is 0 Å². The second-order valence-electron chi connectivity index (χ2n) is 7.83. The summed E-state index contributed by atoms with van der Waals surface area (Å²) in [4.78, 5) is 32.6. The van der Waals surface area contributed by atoms with Gasteiger partial charge in [-0.2, -0.15) is 0 Å². The predicted octanol–water partition coefficient (Wildman–Crippen LogP) is 3.53. The lowest BCUT2D eigenvalue weighted by atomic mass is 10.0. The van der Waals surface area contributed by atoms with Crippen LogP contribution in [0, 0.1) is 0 Å². The van der Waals surface area contributed by atoms with Crippen LogP contribution in [0.2, 0.25) is 0 Å². The summed E-state index contributed by atoms with van der Waals surface area (Å²) in [5.41, 5.74) is 3.08. The largest absolute Gasteiger partial charge is 0.496 e. The zero-order valence-corrected chi connectivity index (χ0v) is 17.7. The van der Waals surface area contributed by atoms with E-state index in [0.717, 1.165) is 38.0 Å². The number of rotatable bonds is 5. The molecule has 30 heavy (non-hydrogen) atoms. The van der Waals surface area contributed by atoms with Crippen LogP contribution in [0.3, 0.4) is 0 Å². The van der Waals surface area contributed by atoms with Gasteiger partial charge in [0.1, 0.15) is 11.4 Å². The van der Waals surface area contributed by atoms with Crippen LogP contribution < -0.4 is 14.5 Å². The van der Waals surface area contributed by atoms with Gasteiger partial charge in [0.2, 0.25) is 0 Å². The smallest absolute Gasteiger partial charge is 0.282 e. The summed E-state index contributed by atoms with van der Waals surface area (Å²) in [7, 11) is 5.45. The van der Waals surface area contributed by atoms with Crippen LogP contribution >= 0.6 is 0 Å². The number of benzene rings is 2. The maximum absolute atomic E-state index is 13.7. The lowest BCUT2D eigenvalue weighted by Crippen LogP contribution is -2.37. The highest BCUT2D eigenvalue weighted by atomic mass is 16.5. The number of hydrogen-bond acceptors (Lipinski definition) is 5. The molecule has 0 aromatic heterocycles. The number of hydrogen-bond donors (Lipinski definition) is 0. The number of carbonyl (C=O) groups excluding carboxylic acids is 2. The molecule has 1 saturated heterocycles. The van der Waals surface area contributed by atoms with E-state index in [4.69, 9.17) is 4.74 Å². The lowest BCUT2D eigenvalue weighted by molar-refractivity contribution is -0.120. The first-order chi connectivity index (χ1) is 14.5. The Labute approximate surface area is 177 Å². The summed E-state index contributed by atoms with van der Waals surface area (Å²) in [5, 5.41) is 0. The van der Waals surface area contributed by atoms with Crippen molar-refractivity contribution < 1.29 is 14.3 Å². The second kappa shape index (κ2) is 8.22. The maximum Gasteiger partial charge on any atom is 0.282 e. The molecule has 2 aromatic rings. The molecule has 6 heteroatoms. The third-order valence-corrected chi connectivity index (χ3v) is 5.71. The third-order valence-electron chi connectivity index (χ3n) is 5.71. The van der Waals surface area contributed by atoms with Crippen molar-refractivity contribution >= 4 is 28.8 Å². The minimum absolute atomic E-state index is 0.265. The number of likely N-dealkylation sites (tertiary alicyclic amines) is 1. The molecule has 2 aliphatic rings. The normalized spacial score (nSPS) is 17.0. The monoisotopic (exact) mass is 405 g/mol. The average Bonchev–Trinajstić information content (AvgIpc) is 3.04. The van der Waals surface area contributed by atoms with Crippen molar-refractivity contribution in [3.05, 3.63) is 59.8 Å². The van der Waals surface area contributed by atoms with E-state index in [0.29, 0.717) is 28.3 Å². The Kier molecular flexibility index (Phi) is 5.48. The number of para-hydroxylation sites is 1. The molecule has 6 nitrogen and oxygen atoms in total. The Morgan fingerprint density at radius 3 is 2.33 bits per heavy atom. The van der Waals surface area contributed by atoms with E-state index in [1.54, 1.807) is 7.11 Å². The van der Waals surface area contributed by atoms with E-state index in [9.17, 15) is 9.59 Å². The molecule has 2 heterocycles. The van der Waals surface area contributed by atoms with Crippen LogP contribution in [-0.4, -0.2) is 51.0 Å². The highest BCUT2D eigenvalue weighted by Gasteiger charge is 2.43. The standard InChI is InChI=1S/C24H27N3O3/c1-25(2)17-10-9-11-18(16-17)27-23(28)21(19-12-5-6-13-20(19)30-3)22(24(27)29)26-14-7-4-8-15-26/h5-6,9-13,16H,4,7-8,14-15H2,1-3H3. The topological polar surface area (TPSA) is 53.1 Å². The van der Waals surface area contributed by atoms with E-state index in [2.05, 4.69) is 4.90 Å². The fourth-order valence-corrected chi connectivity index (χ4v) is 4.17. The van der Waals surface area contributed by atoms with Gasteiger partial charge in [0, 0.05) is 38.4 Å². The zero-order chi connectivity index (χ0) is 21.3. The van der Waals surface area contributed by atoms with E-state index in [1.807, 2.05) is 67.5 Å². The number of amides is 2. The third kappa shape index (κ3) is 3.43. The molecule has 2 amide bonds. The number of nitrogens with zero attached hydrogens (tertiary/aromatic N) is 3. The SMILES string of the molecule is COc1ccccc1C1=C(N2CCCCC2)C(=O)N(c2cccc(N(C)C)c2)C1=O. The van der Waals surface area contributed by atoms with Crippen LogP contribution in [0.15, 0.2) is 54.2 Å². The number of carbonyl (C=O) groups is 2. The second-order valence-corrected chi connectivity index (χ2v) is 7.83. The molecule has 0 bridgehead atoms. The van der Waals surface area contributed by atoms with Crippen molar-refractivity contribution in [3.63, 3.8) is 0 Å². The summed E-state index contributed by atoms with van der Waals surface area (Å²) >= 11 is 0. The van der Waals surface area contributed by atoms with Gasteiger partial charge in [0.05, 0.1) is 18.4 Å². The van der Waals surface area contributed by atoms with E-state index in [1.165, 1.54) is 4.90 Å². The first-order valence-electron chi connectivity index (χ1n) is 10.3.